The zero-order valence-corrected chi connectivity index (χ0v) is 9.41. The average molecular weight is 218 g/mol. The van der Waals surface area contributed by atoms with Crippen LogP contribution < -0.4 is 10.2 Å². The summed E-state index contributed by atoms with van der Waals surface area (Å²) >= 11 is 0. The molecular weight excluding hydrogens is 204 g/mol. The van der Waals surface area contributed by atoms with Crippen LogP contribution in [0.4, 0.5) is 11.4 Å². The summed E-state index contributed by atoms with van der Waals surface area (Å²) < 4.78 is 0. The highest BCUT2D eigenvalue weighted by Crippen LogP contribution is 2.27. The number of amides is 2. The Morgan fingerprint density at radius 1 is 1.25 bits per heavy atom. The monoisotopic (exact) mass is 218 g/mol. The van der Waals surface area contributed by atoms with Crippen LogP contribution in [0.2, 0.25) is 0 Å². The van der Waals surface area contributed by atoms with Crippen LogP contribution in [0.3, 0.4) is 0 Å². The second kappa shape index (κ2) is 3.96. The van der Waals surface area contributed by atoms with Gasteiger partial charge in [-0.3, -0.25) is 14.5 Å². The third-order valence-electron chi connectivity index (χ3n) is 2.69. The molecule has 0 aromatic heterocycles. The molecule has 4 nitrogen and oxygen atoms in total. The van der Waals surface area contributed by atoms with E-state index in [1.165, 1.54) is 24.3 Å². The lowest BCUT2D eigenvalue weighted by Crippen LogP contribution is -2.33. The average Bonchev–Trinajstić information content (AvgIpc) is 2.63. The van der Waals surface area contributed by atoms with Crippen LogP contribution in [0.1, 0.15) is 19.4 Å². The van der Waals surface area contributed by atoms with Crippen molar-refractivity contribution in [1.29, 1.82) is 0 Å². The number of fused-ring (bicyclic) bond motifs is 1. The number of hydrogen-bond acceptors (Lipinski definition) is 3. The number of rotatable bonds is 1. The fourth-order valence-electron chi connectivity index (χ4n) is 2.00. The Bertz CT molecular complexity index is 440. The highest BCUT2D eigenvalue weighted by molar-refractivity contribution is 6.13. The van der Waals surface area contributed by atoms with Crippen LogP contribution in [0.25, 0.3) is 0 Å². The van der Waals surface area contributed by atoms with Crippen LogP contribution in [0.15, 0.2) is 18.2 Å². The van der Waals surface area contributed by atoms with Gasteiger partial charge in [0.1, 0.15) is 0 Å². The first-order chi connectivity index (χ1) is 7.59. The van der Waals surface area contributed by atoms with Gasteiger partial charge in [0.25, 0.3) is 0 Å². The van der Waals surface area contributed by atoms with Crippen LogP contribution >= 0.6 is 0 Å². The van der Waals surface area contributed by atoms with Gasteiger partial charge in [-0.2, -0.15) is 0 Å². The van der Waals surface area contributed by atoms with E-state index in [1.54, 1.807) is 0 Å². The molecule has 0 fully saturated rings. The number of anilines is 2. The Kier molecular flexibility index (Phi) is 2.64. The van der Waals surface area contributed by atoms with Gasteiger partial charge in [-0.25, -0.2) is 0 Å². The third-order valence-corrected chi connectivity index (χ3v) is 2.69. The normalized spacial score (nSPS) is 12.9. The molecule has 1 aliphatic rings. The van der Waals surface area contributed by atoms with Crippen molar-refractivity contribution in [3.63, 3.8) is 0 Å². The molecule has 0 spiro atoms. The molecule has 0 aliphatic carbocycles. The van der Waals surface area contributed by atoms with Crippen molar-refractivity contribution in [3.05, 3.63) is 23.8 Å². The van der Waals surface area contributed by atoms with Crippen molar-refractivity contribution in [2.45, 2.75) is 20.3 Å². The maximum atomic E-state index is 11.4. The number of nitrogens with one attached hydrogen (secondary N) is 1. The highest BCUT2D eigenvalue weighted by Gasteiger charge is 2.18. The van der Waals surface area contributed by atoms with Crippen LogP contribution in [-0.2, 0) is 16.0 Å². The molecule has 0 bridgehead atoms. The van der Waals surface area contributed by atoms with Gasteiger partial charge in [-0.05, 0) is 24.1 Å². The quantitative estimate of drug-likeness (QED) is 0.778. The van der Waals surface area contributed by atoms with E-state index in [-0.39, 0.29) is 11.8 Å². The molecule has 1 aromatic carbocycles. The molecule has 2 amide bonds. The van der Waals surface area contributed by atoms with E-state index in [4.69, 9.17) is 0 Å². The maximum absolute atomic E-state index is 11.4. The lowest BCUT2D eigenvalue weighted by molar-refractivity contribution is -0.124. The lowest BCUT2D eigenvalue weighted by Gasteiger charge is -2.18. The molecule has 1 N–H and O–H groups in total. The Morgan fingerprint density at radius 2 is 1.94 bits per heavy atom. The van der Waals surface area contributed by atoms with Gasteiger partial charge in [-0.15, -0.1) is 0 Å². The van der Waals surface area contributed by atoms with Gasteiger partial charge in [0.2, 0.25) is 11.8 Å². The topological polar surface area (TPSA) is 49.4 Å². The Hall–Kier alpha value is -1.84. The van der Waals surface area contributed by atoms with Crippen molar-refractivity contribution < 1.29 is 9.59 Å². The zero-order valence-electron chi connectivity index (χ0n) is 9.41. The molecule has 0 atom stereocenters. The summed E-state index contributed by atoms with van der Waals surface area (Å²) in [6.45, 7) is 3.70. The molecule has 0 saturated carbocycles. The molecule has 4 heteroatoms. The second-order valence-electron chi connectivity index (χ2n) is 3.89. The van der Waals surface area contributed by atoms with Crippen LogP contribution in [-0.4, -0.2) is 18.4 Å². The number of hydrogen-bond donors (Lipinski definition) is 1. The molecule has 16 heavy (non-hydrogen) atoms. The minimum Gasteiger partial charge on any atom is -0.384 e. The van der Waals surface area contributed by atoms with E-state index >= 15 is 0 Å². The minimum absolute atomic E-state index is 0.259. The predicted octanol–water partition coefficient (Wildman–Crippen LogP) is 1.55. The van der Waals surface area contributed by atoms with E-state index < -0.39 is 0 Å². The van der Waals surface area contributed by atoms with E-state index in [1.807, 2.05) is 18.2 Å². The largest absolute Gasteiger partial charge is 0.384 e. The minimum atomic E-state index is -0.259. The Morgan fingerprint density at radius 3 is 2.56 bits per heavy atom. The summed E-state index contributed by atoms with van der Waals surface area (Å²) in [5.74, 6) is -0.518. The maximum Gasteiger partial charge on any atom is 0.230 e. The third kappa shape index (κ3) is 1.78. The lowest BCUT2D eigenvalue weighted by atomic mass is 10.1. The summed E-state index contributed by atoms with van der Waals surface area (Å²) in [5, 5.41) is 3.22. The Labute approximate surface area is 94.2 Å². The van der Waals surface area contributed by atoms with E-state index in [9.17, 15) is 9.59 Å². The van der Waals surface area contributed by atoms with Crippen molar-refractivity contribution in [2.75, 3.05) is 16.8 Å². The molecule has 84 valence electrons. The zero-order chi connectivity index (χ0) is 11.7. The van der Waals surface area contributed by atoms with Crippen molar-refractivity contribution >= 4 is 23.2 Å². The molecule has 2 rings (SSSR count). The smallest absolute Gasteiger partial charge is 0.230 e. The summed E-state index contributed by atoms with van der Waals surface area (Å²) in [4.78, 5) is 23.9. The number of carbonyl (C=O) groups excluding carboxylic acids is 2. The van der Waals surface area contributed by atoms with Gasteiger partial charge in [-0.1, -0.05) is 6.07 Å². The molecule has 0 saturated heterocycles. The van der Waals surface area contributed by atoms with Crippen molar-refractivity contribution in [2.24, 2.45) is 0 Å². The first-order valence-corrected chi connectivity index (χ1v) is 5.27. The summed E-state index contributed by atoms with van der Waals surface area (Å²) in [7, 11) is 0. The van der Waals surface area contributed by atoms with Crippen LogP contribution in [0.5, 0.6) is 0 Å². The number of carbonyl (C=O) groups is 2. The molecule has 1 heterocycles. The van der Waals surface area contributed by atoms with E-state index in [0.29, 0.717) is 5.69 Å². The fraction of sp³-hybridized carbons (Fsp3) is 0.333. The summed E-state index contributed by atoms with van der Waals surface area (Å²) in [6.07, 6.45) is 0.996. The van der Waals surface area contributed by atoms with Gasteiger partial charge < -0.3 is 5.32 Å². The van der Waals surface area contributed by atoms with Crippen LogP contribution in [0, 0.1) is 0 Å². The number of nitrogens with zero attached hydrogens (tertiary/aromatic N) is 1. The van der Waals surface area contributed by atoms with Crippen molar-refractivity contribution in [1.82, 2.24) is 0 Å². The summed E-state index contributed by atoms with van der Waals surface area (Å²) in [5.41, 5.74) is 2.88. The number of imide groups is 1. The van der Waals surface area contributed by atoms with E-state index in [0.717, 1.165) is 18.7 Å². The predicted molar refractivity (Wildman–Crippen MR) is 62.5 cm³/mol. The van der Waals surface area contributed by atoms with E-state index in [2.05, 4.69) is 5.32 Å². The highest BCUT2D eigenvalue weighted by atomic mass is 16.2. The van der Waals surface area contributed by atoms with Gasteiger partial charge >= 0.3 is 0 Å². The van der Waals surface area contributed by atoms with Crippen molar-refractivity contribution in [3.8, 4) is 0 Å². The van der Waals surface area contributed by atoms with Gasteiger partial charge in [0.15, 0.2) is 0 Å². The molecule has 0 radical (unpaired) electrons. The number of benzene rings is 1. The molecule has 1 aromatic rings. The SMILES string of the molecule is CC(=O)N(C(C)=O)c1ccc2c(c1)NCC2. The fourth-order valence-corrected chi connectivity index (χ4v) is 2.00. The molecule has 1 aliphatic heterocycles. The van der Waals surface area contributed by atoms with Gasteiger partial charge in [0, 0.05) is 26.1 Å². The standard InChI is InChI=1S/C12H14N2O2/c1-8(15)14(9(2)16)11-4-3-10-5-6-13-12(10)7-11/h3-4,7,13H,5-6H2,1-2H3. The first-order valence-electron chi connectivity index (χ1n) is 5.27. The molecule has 0 unspecified atom stereocenters. The first kappa shape index (κ1) is 10.7. The molecular formula is C12H14N2O2. The van der Waals surface area contributed by atoms with Gasteiger partial charge in [0.05, 0.1) is 5.69 Å². The summed E-state index contributed by atoms with van der Waals surface area (Å²) in [6, 6.07) is 5.63. The Balaban J connectivity index is 2.39. The second-order valence-corrected chi connectivity index (χ2v) is 3.89.